The summed E-state index contributed by atoms with van der Waals surface area (Å²) in [7, 11) is 0. The summed E-state index contributed by atoms with van der Waals surface area (Å²) in [5.74, 6) is 0. The second kappa shape index (κ2) is 5.53. The van der Waals surface area contributed by atoms with Crippen molar-refractivity contribution in [1.82, 2.24) is 0 Å². The molecule has 84 valence electrons. The molecule has 0 atom stereocenters. The van der Waals surface area contributed by atoms with Crippen molar-refractivity contribution in [3.05, 3.63) is 74.6 Å². The molecule has 0 aliphatic heterocycles. The van der Waals surface area contributed by atoms with Crippen molar-refractivity contribution in [1.29, 1.82) is 0 Å². The fraction of sp³-hybridized carbons (Fsp3) is 0.0769. The van der Waals surface area contributed by atoms with E-state index in [1.165, 1.54) is 5.56 Å². The molecule has 0 amide bonds. The van der Waals surface area contributed by atoms with Gasteiger partial charge in [-0.1, -0.05) is 57.4 Å². The van der Waals surface area contributed by atoms with Gasteiger partial charge in [0.1, 0.15) is 0 Å². The van der Waals surface area contributed by atoms with Crippen molar-refractivity contribution in [2.45, 2.75) is 6.42 Å². The summed E-state index contributed by atoms with van der Waals surface area (Å²) in [4.78, 5) is 2.84. The highest BCUT2D eigenvalue weighted by atomic mass is 79.9. The summed E-state index contributed by atoms with van der Waals surface area (Å²) < 4.78 is 1.06. The Balaban J connectivity index is 2.29. The first-order valence-electron chi connectivity index (χ1n) is 5.17. The lowest BCUT2D eigenvalue weighted by Crippen LogP contribution is -1.87. The zero-order valence-electron chi connectivity index (χ0n) is 9.05. The Morgan fingerprint density at radius 3 is 2.47 bits per heavy atom. The average Bonchev–Trinajstić information content (AvgIpc) is 2.35. The van der Waals surface area contributed by atoms with E-state index in [4.69, 9.17) is 5.53 Å². The lowest BCUT2D eigenvalue weighted by molar-refractivity contribution is 1.18. The first kappa shape index (κ1) is 11.7. The molecule has 0 saturated carbocycles. The Morgan fingerprint density at radius 1 is 1.06 bits per heavy atom. The van der Waals surface area contributed by atoms with Crippen LogP contribution in [-0.4, -0.2) is 0 Å². The van der Waals surface area contributed by atoms with Gasteiger partial charge in [-0.25, -0.2) is 0 Å². The highest BCUT2D eigenvalue weighted by Gasteiger charge is 2.01. The van der Waals surface area contributed by atoms with Gasteiger partial charge in [0.2, 0.25) is 0 Å². The molecular formula is C13H10BrN3. The molecule has 2 aromatic rings. The Hall–Kier alpha value is -1.77. The zero-order chi connectivity index (χ0) is 12.1. The van der Waals surface area contributed by atoms with Gasteiger partial charge in [0.15, 0.2) is 0 Å². The van der Waals surface area contributed by atoms with Crippen LogP contribution in [0, 0.1) is 0 Å². The molecule has 0 fully saturated rings. The molecule has 0 unspecified atom stereocenters. The Kier molecular flexibility index (Phi) is 3.81. The van der Waals surface area contributed by atoms with E-state index in [1.54, 1.807) is 0 Å². The first-order chi connectivity index (χ1) is 8.29. The lowest BCUT2D eigenvalue weighted by Gasteiger charge is -2.05. The maximum absolute atomic E-state index is 8.50. The monoisotopic (exact) mass is 287 g/mol. The Labute approximate surface area is 108 Å². The van der Waals surface area contributed by atoms with Gasteiger partial charge in [-0.15, -0.1) is 0 Å². The van der Waals surface area contributed by atoms with Crippen LogP contribution < -0.4 is 0 Å². The van der Waals surface area contributed by atoms with E-state index in [9.17, 15) is 0 Å². The van der Waals surface area contributed by atoms with Gasteiger partial charge >= 0.3 is 0 Å². The molecule has 0 aliphatic carbocycles. The van der Waals surface area contributed by atoms with Crippen LogP contribution in [0.4, 0.5) is 5.69 Å². The molecule has 0 aliphatic rings. The summed E-state index contributed by atoms with van der Waals surface area (Å²) in [5, 5.41) is 3.69. The van der Waals surface area contributed by atoms with Crippen molar-refractivity contribution in [3.8, 4) is 0 Å². The molecule has 3 nitrogen and oxygen atoms in total. The molecule has 0 bridgehead atoms. The third kappa shape index (κ3) is 3.09. The molecule has 0 spiro atoms. The number of halogens is 1. The number of hydrogen-bond donors (Lipinski definition) is 0. The average molecular weight is 288 g/mol. The molecule has 0 saturated heterocycles. The van der Waals surface area contributed by atoms with Crippen LogP contribution in [0.3, 0.4) is 0 Å². The van der Waals surface area contributed by atoms with Gasteiger partial charge in [0, 0.05) is 15.1 Å². The Morgan fingerprint density at radius 2 is 1.76 bits per heavy atom. The van der Waals surface area contributed by atoms with Crippen molar-refractivity contribution in [2.75, 3.05) is 0 Å². The summed E-state index contributed by atoms with van der Waals surface area (Å²) in [5.41, 5.74) is 11.4. The van der Waals surface area contributed by atoms with Gasteiger partial charge < -0.3 is 0 Å². The second-order valence-corrected chi connectivity index (χ2v) is 4.54. The summed E-state index contributed by atoms with van der Waals surface area (Å²) in [6.07, 6.45) is 0.766. The molecule has 0 aromatic heterocycles. The van der Waals surface area contributed by atoms with Crippen molar-refractivity contribution >= 4 is 21.6 Å². The molecule has 17 heavy (non-hydrogen) atoms. The molecule has 0 heterocycles. The predicted octanol–water partition coefficient (Wildman–Crippen LogP) is 4.98. The fourth-order valence-corrected chi connectivity index (χ4v) is 1.89. The molecule has 0 N–H and O–H groups in total. The molecule has 4 heteroatoms. The minimum Gasteiger partial charge on any atom is -0.0620 e. The SMILES string of the molecule is [N-]=[N+]=Nc1ccccc1Cc1ccc(Br)cc1. The summed E-state index contributed by atoms with van der Waals surface area (Å²) in [6, 6.07) is 15.7. The highest BCUT2D eigenvalue weighted by molar-refractivity contribution is 9.10. The van der Waals surface area contributed by atoms with Crippen LogP contribution >= 0.6 is 15.9 Å². The van der Waals surface area contributed by atoms with Crippen LogP contribution in [0.25, 0.3) is 10.4 Å². The van der Waals surface area contributed by atoms with Crippen LogP contribution in [0.1, 0.15) is 11.1 Å². The summed E-state index contributed by atoms with van der Waals surface area (Å²) in [6.45, 7) is 0. The van der Waals surface area contributed by atoms with E-state index in [0.29, 0.717) is 5.69 Å². The molecular weight excluding hydrogens is 278 g/mol. The number of nitrogens with zero attached hydrogens (tertiary/aromatic N) is 3. The standard InChI is InChI=1S/C13H10BrN3/c14-12-7-5-10(6-8-12)9-11-3-1-2-4-13(11)16-17-15/h1-8H,9H2. The highest BCUT2D eigenvalue weighted by Crippen LogP contribution is 2.22. The number of benzene rings is 2. The van der Waals surface area contributed by atoms with E-state index in [-0.39, 0.29) is 0 Å². The van der Waals surface area contributed by atoms with Crippen molar-refractivity contribution < 1.29 is 0 Å². The smallest absolute Gasteiger partial charge is 0.0410 e. The number of rotatable bonds is 3. The van der Waals surface area contributed by atoms with E-state index >= 15 is 0 Å². The van der Waals surface area contributed by atoms with Gasteiger partial charge in [0.25, 0.3) is 0 Å². The molecule has 2 aromatic carbocycles. The minimum atomic E-state index is 0.693. The van der Waals surface area contributed by atoms with Crippen LogP contribution in [0.15, 0.2) is 58.1 Å². The predicted molar refractivity (Wildman–Crippen MR) is 72.2 cm³/mol. The topological polar surface area (TPSA) is 48.8 Å². The third-order valence-electron chi connectivity index (χ3n) is 2.45. The molecule has 2 rings (SSSR count). The fourth-order valence-electron chi connectivity index (χ4n) is 1.63. The first-order valence-corrected chi connectivity index (χ1v) is 5.96. The largest absolute Gasteiger partial charge is 0.0620 e. The van der Waals surface area contributed by atoms with E-state index in [0.717, 1.165) is 16.5 Å². The van der Waals surface area contributed by atoms with Gasteiger partial charge in [-0.2, -0.15) is 0 Å². The zero-order valence-corrected chi connectivity index (χ0v) is 10.6. The maximum Gasteiger partial charge on any atom is 0.0410 e. The van der Waals surface area contributed by atoms with Crippen molar-refractivity contribution in [3.63, 3.8) is 0 Å². The maximum atomic E-state index is 8.50. The summed E-state index contributed by atoms with van der Waals surface area (Å²) >= 11 is 3.40. The van der Waals surface area contributed by atoms with Gasteiger partial charge in [-0.3, -0.25) is 0 Å². The lowest BCUT2D eigenvalue weighted by atomic mass is 10.0. The van der Waals surface area contributed by atoms with Gasteiger partial charge in [0.05, 0.1) is 0 Å². The number of azide groups is 1. The van der Waals surface area contributed by atoms with Crippen LogP contribution in [-0.2, 0) is 6.42 Å². The van der Waals surface area contributed by atoms with E-state index in [2.05, 4.69) is 38.1 Å². The third-order valence-corrected chi connectivity index (χ3v) is 2.98. The van der Waals surface area contributed by atoms with Crippen LogP contribution in [0.5, 0.6) is 0 Å². The minimum absolute atomic E-state index is 0.693. The molecule has 0 radical (unpaired) electrons. The van der Waals surface area contributed by atoms with E-state index < -0.39 is 0 Å². The quantitative estimate of drug-likeness (QED) is 0.434. The van der Waals surface area contributed by atoms with Crippen LogP contribution in [0.2, 0.25) is 0 Å². The Bertz CT molecular complexity index is 557. The van der Waals surface area contributed by atoms with Gasteiger partial charge in [-0.05, 0) is 35.2 Å². The second-order valence-electron chi connectivity index (χ2n) is 3.62. The van der Waals surface area contributed by atoms with E-state index in [1.807, 2.05) is 36.4 Å². The normalized spacial score (nSPS) is 9.71. The number of hydrogen-bond acceptors (Lipinski definition) is 1. The van der Waals surface area contributed by atoms with Crippen molar-refractivity contribution in [2.24, 2.45) is 5.11 Å².